The quantitative estimate of drug-likeness (QED) is 0.803. The molecule has 1 aromatic heterocycles. The van der Waals surface area contributed by atoms with Crippen LogP contribution in [0.3, 0.4) is 0 Å². The summed E-state index contributed by atoms with van der Waals surface area (Å²) in [5.41, 5.74) is 6.74. The van der Waals surface area contributed by atoms with Crippen molar-refractivity contribution in [1.82, 2.24) is 13.8 Å². The number of hydrogen-bond donors (Lipinski definition) is 1. The van der Waals surface area contributed by atoms with Gasteiger partial charge in [0.2, 0.25) is 10.0 Å². The molecular formula is C18H24N4O3S. The first kappa shape index (κ1) is 18.6. The number of primary amides is 1. The Morgan fingerprint density at radius 2 is 1.77 bits per heavy atom. The van der Waals surface area contributed by atoms with E-state index >= 15 is 0 Å². The predicted molar refractivity (Wildman–Crippen MR) is 99.3 cm³/mol. The van der Waals surface area contributed by atoms with E-state index < -0.39 is 15.9 Å². The number of carbonyl (C=O) groups excluding carboxylic acids is 1. The maximum atomic E-state index is 12.8. The predicted octanol–water partition coefficient (Wildman–Crippen LogP) is 0.673. The van der Waals surface area contributed by atoms with Crippen molar-refractivity contribution in [3.05, 3.63) is 53.9 Å². The number of benzene rings is 1. The molecule has 3 rings (SSSR count). The Kier molecular flexibility index (Phi) is 5.45. The first-order valence-electron chi connectivity index (χ1n) is 8.60. The van der Waals surface area contributed by atoms with Gasteiger partial charge in [0, 0.05) is 46.0 Å². The summed E-state index contributed by atoms with van der Waals surface area (Å²) in [4.78, 5) is 13.8. The lowest BCUT2D eigenvalue weighted by molar-refractivity contribution is 0.0992. The topological polar surface area (TPSA) is 88.6 Å². The van der Waals surface area contributed by atoms with Crippen LogP contribution in [0.15, 0.2) is 47.5 Å². The molecule has 1 aliphatic heterocycles. The van der Waals surface area contributed by atoms with Gasteiger partial charge in [-0.1, -0.05) is 30.3 Å². The fraction of sp³-hybridized carbons (Fsp3) is 0.389. The van der Waals surface area contributed by atoms with Crippen LogP contribution >= 0.6 is 0 Å². The van der Waals surface area contributed by atoms with Crippen molar-refractivity contribution in [3.63, 3.8) is 0 Å². The van der Waals surface area contributed by atoms with Gasteiger partial charge in [0.1, 0.15) is 10.6 Å². The summed E-state index contributed by atoms with van der Waals surface area (Å²) < 4.78 is 28.5. The molecule has 0 spiro atoms. The molecule has 1 aliphatic rings. The highest BCUT2D eigenvalue weighted by molar-refractivity contribution is 7.89. The van der Waals surface area contributed by atoms with Crippen LogP contribution < -0.4 is 5.73 Å². The Morgan fingerprint density at radius 1 is 1.12 bits per heavy atom. The lowest BCUT2D eigenvalue weighted by Crippen LogP contribution is -2.48. The maximum absolute atomic E-state index is 12.8. The Hall–Kier alpha value is -2.16. The minimum atomic E-state index is -3.61. The van der Waals surface area contributed by atoms with Gasteiger partial charge >= 0.3 is 0 Å². The fourth-order valence-corrected chi connectivity index (χ4v) is 4.69. The smallest absolute Gasteiger partial charge is 0.265 e. The first-order valence-corrected chi connectivity index (χ1v) is 10.0. The summed E-state index contributed by atoms with van der Waals surface area (Å²) in [6, 6.07) is 11.6. The molecule has 0 bridgehead atoms. The zero-order valence-electron chi connectivity index (χ0n) is 14.8. The standard InChI is InChI=1S/C18H24N4O3S/c1-20-14-16(13-17(20)18(19)23)26(24,25)22-11-9-21(10-12-22)8-7-15-5-3-2-4-6-15/h2-6,13-14H,7-12H2,1H3,(H2,19,23). The number of sulfonamides is 1. The lowest BCUT2D eigenvalue weighted by atomic mass is 10.1. The third kappa shape index (κ3) is 3.98. The van der Waals surface area contributed by atoms with E-state index in [9.17, 15) is 13.2 Å². The zero-order valence-corrected chi connectivity index (χ0v) is 15.7. The third-order valence-electron chi connectivity index (χ3n) is 4.76. The van der Waals surface area contributed by atoms with Crippen LogP contribution in [0.2, 0.25) is 0 Å². The van der Waals surface area contributed by atoms with E-state index in [1.165, 1.54) is 26.7 Å². The second kappa shape index (κ2) is 7.61. The minimum absolute atomic E-state index is 0.117. The van der Waals surface area contributed by atoms with E-state index in [1.54, 1.807) is 7.05 Å². The molecule has 0 atom stereocenters. The largest absolute Gasteiger partial charge is 0.364 e. The molecular weight excluding hydrogens is 352 g/mol. The summed E-state index contributed by atoms with van der Waals surface area (Å²) in [5, 5.41) is 0. The van der Waals surface area contributed by atoms with Crippen molar-refractivity contribution >= 4 is 15.9 Å². The highest BCUT2D eigenvalue weighted by Gasteiger charge is 2.30. The molecule has 0 unspecified atom stereocenters. The van der Waals surface area contributed by atoms with E-state index in [0.29, 0.717) is 26.2 Å². The van der Waals surface area contributed by atoms with Crippen molar-refractivity contribution in [3.8, 4) is 0 Å². The molecule has 7 nitrogen and oxygen atoms in total. The van der Waals surface area contributed by atoms with Crippen molar-refractivity contribution in [2.24, 2.45) is 12.8 Å². The second-order valence-corrected chi connectivity index (χ2v) is 8.46. The van der Waals surface area contributed by atoms with Crippen LogP contribution in [0.5, 0.6) is 0 Å². The monoisotopic (exact) mass is 376 g/mol. The van der Waals surface area contributed by atoms with Gasteiger partial charge in [0.05, 0.1) is 0 Å². The summed E-state index contributed by atoms with van der Waals surface area (Å²) >= 11 is 0. The molecule has 2 N–H and O–H groups in total. The first-order chi connectivity index (χ1) is 12.4. The molecule has 1 amide bonds. The van der Waals surface area contributed by atoms with Gasteiger partial charge in [-0.15, -0.1) is 0 Å². The van der Waals surface area contributed by atoms with Crippen LogP contribution in [0.1, 0.15) is 16.1 Å². The number of nitrogens with zero attached hydrogens (tertiary/aromatic N) is 3. The number of piperazine rings is 1. The average molecular weight is 376 g/mol. The highest BCUT2D eigenvalue weighted by Crippen LogP contribution is 2.20. The molecule has 1 saturated heterocycles. The second-order valence-electron chi connectivity index (χ2n) is 6.52. The summed E-state index contributed by atoms with van der Waals surface area (Å²) in [6.45, 7) is 3.19. The maximum Gasteiger partial charge on any atom is 0.265 e. The Balaban J connectivity index is 1.60. The van der Waals surface area contributed by atoms with Crippen LogP contribution in [-0.4, -0.2) is 60.8 Å². The van der Waals surface area contributed by atoms with Gasteiger partial charge in [-0.2, -0.15) is 4.31 Å². The average Bonchev–Trinajstić information content (AvgIpc) is 3.04. The summed E-state index contributed by atoms with van der Waals surface area (Å²) in [5.74, 6) is -0.639. The molecule has 26 heavy (non-hydrogen) atoms. The molecule has 140 valence electrons. The fourth-order valence-electron chi connectivity index (χ4n) is 3.19. The van der Waals surface area contributed by atoms with Gasteiger partial charge in [0.25, 0.3) is 5.91 Å². The number of aromatic nitrogens is 1. The van der Waals surface area contributed by atoms with Gasteiger partial charge in [-0.3, -0.25) is 4.79 Å². The SMILES string of the molecule is Cn1cc(S(=O)(=O)N2CCN(CCc3ccccc3)CC2)cc1C(N)=O. The van der Waals surface area contributed by atoms with E-state index in [-0.39, 0.29) is 10.6 Å². The number of nitrogens with two attached hydrogens (primary N) is 1. The molecule has 1 aromatic carbocycles. The summed E-state index contributed by atoms with van der Waals surface area (Å²) in [6.07, 6.45) is 2.39. The third-order valence-corrected chi connectivity index (χ3v) is 6.62. The Morgan fingerprint density at radius 3 is 2.35 bits per heavy atom. The van der Waals surface area contributed by atoms with E-state index in [2.05, 4.69) is 17.0 Å². The van der Waals surface area contributed by atoms with Crippen molar-refractivity contribution in [1.29, 1.82) is 0 Å². The van der Waals surface area contributed by atoms with Crippen molar-refractivity contribution in [2.45, 2.75) is 11.3 Å². The van der Waals surface area contributed by atoms with Gasteiger partial charge in [-0.05, 0) is 18.1 Å². The van der Waals surface area contributed by atoms with Gasteiger partial charge in [-0.25, -0.2) is 8.42 Å². The highest BCUT2D eigenvalue weighted by atomic mass is 32.2. The van der Waals surface area contributed by atoms with Crippen molar-refractivity contribution in [2.75, 3.05) is 32.7 Å². The molecule has 2 heterocycles. The van der Waals surface area contributed by atoms with E-state index in [0.717, 1.165) is 13.0 Å². The molecule has 0 aliphatic carbocycles. The number of amides is 1. The van der Waals surface area contributed by atoms with Crippen molar-refractivity contribution < 1.29 is 13.2 Å². The normalized spacial score (nSPS) is 16.7. The van der Waals surface area contributed by atoms with E-state index in [1.807, 2.05) is 18.2 Å². The van der Waals surface area contributed by atoms with E-state index in [4.69, 9.17) is 5.73 Å². The number of aryl methyl sites for hydroxylation is 1. The lowest BCUT2D eigenvalue weighted by Gasteiger charge is -2.33. The van der Waals surface area contributed by atoms with Gasteiger partial charge in [0.15, 0.2) is 0 Å². The molecule has 2 aromatic rings. The molecule has 1 fully saturated rings. The zero-order chi connectivity index (χ0) is 18.7. The Labute approximate surface area is 154 Å². The molecule has 0 saturated carbocycles. The number of hydrogen-bond acceptors (Lipinski definition) is 4. The summed E-state index contributed by atoms with van der Waals surface area (Å²) in [7, 11) is -2.00. The minimum Gasteiger partial charge on any atom is -0.364 e. The van der Waals surface area contributed by atoms with Crippen LogP contribution in [-0.2, 0) is 23.5 Å². The molecule has 0 radical (unpaired) electrons. The number of carbonyl (C=O) groups is 1. The Bertz CT molecular complexity index is 869. The van der Waals surface area contributed by atoms with Crippen LogP contribution in [0.25, 0.3) is 0 Å². The van der Waals surface area contributed by atoms with Crippen LogP contribution in [0.4, 0.5) is 0 Å². The van der Waals surface area contributed by atoms with Gasteiger partial charge < -0.3 is 15.2 Å². The molecule has 8 heteroatoms. The van der Waals surface area contributed by atoms with Crippen LogP contribution in [0, 0.1) is 0 Å². The number of rotatable bonds is 6.